The van der Waals surface area contributed by atoms with E-state index in [1.807, 2.05) is 24.3 Å². The Kier molecular flexibility index (Phi) is 2.26. The summed E-state index contributed by atoms with van der Waals surface area (Å²) in [5.74, 6) is 0. The molecule has 0 aliphatic carbocycles. The van der Waals surface area contributed by atoms with Crippen LogP contribution in [0.5, 0.6) is 0 Å². The summed E-state index contributed by atoms with van der Waals surface area (Å²) >= 11 is 0. The smallest absolute Gasteiger partial charge is 0 e. The Labute approximate surface area is 73.1 Å². The molecule has 0 bridgehead atoms. The van der Waals surface area contributed by atoms with E-state index in [-0.39, 0.29) is 20.4 Å². The van der Waals surface area contributed by atoms with Crippen LogP contribution < -0.4 is 0 Å². The molecule has 2 aromatic rings. The third-order valence-corrected chi connectivity index (χ3v) is 1.40. The minimum Gasteiger partial charge on any atom is -0.477 e. The molecule has 1 nitrogen and oxygen atoms in total. The molecule has 0 unspecified atom stereocenters. The van der Waals surface area contributed by atoms with Crippen LogP contribution in [0.2, 0.25) is 0 Å². The molecule has 0 aliphatic rings. The SMILES string of the molecule is [Pd].[c-]1cc2ccccc2[nH]1. The van der Waals surface area contributed by atoms with Crippen molar-refractivity contribution in [1.82, 2.24) is 4.98 Å². The summed E-state index contributed by atoms with van der Waals surface area (Å²) in [5, 5.41) is 1.22. The predicted molar refractivity (Wildman–Crippen MR) is 37.1 cm³/mol. The van der Waals surface area contributed by atoms with Crippen LogP contribution in [0.1, 0.15) is 0 Å². The molecule has 0 fully saturated rings. The van der Waals surface area contributed by atoms with Gasteiger partial charge in [-0.15, -0.1) is 23.8 Å². The van der Waals surface area contributed by atoms with E-state index in [0.29, 0.717) is 0 Å². The number of aromatic amines is 1. The van der Waals surface area contributed by atoms with Crippen LogP contribution >= 0.6 is 0 Å². The van der Waals surface area contributed by atoms with Crippen molar-refractivity contribution in [3.05, 3.63) is 36.5 Å². The van der Waals surface area contributed by atoms with E-state index in [4.69, 9.17) is 0 Å². The molecule has 0 radical (unpaired) electrons. The van der Waals surface area contributed by atoms with Gasteiger partial charge < -0.3 is 4.98 Å². The molecule has 1 aromatic heterocycles. The Balaban J connectivity index is 0.000000500. The first-order valence-corrected chi connectivity index (χ1v) is 2.90. The van der Waals surface area contributed by atoms with E-state index in [1.54, 1.807) is 0 Å². The third kappa shape index (κ3) is 1.14. The van der Waals surface area contributed by atoms with Gasteiger partial charge in [0.25, 0.3) is 0 Å². The fourth-order valence-corrected chi connectivity index (χ4v) is 0.928. The Morgan fingerprint density at radius 2 is 2.00 bits per heavy atom. The number of aromatic nitrogens is 1. The zero-order valence-electron chi connectivity index (χ0n) is 5.20. The van der Waals surface area contributed by atoms with Crippen molar-refractivity contribution in [2.24, 2.45) is 0 Å². The summed E-state index contributed by atoms with van der Waals surface area (Å²) in [6, 6.07) is 10.1. The Bertz CT molecular complexity index is 283. The molecule has 0 saturated heterocycles. The maximum Gasteiger partial charge on any atom is 0 e. The van der Waals surface area contributed by atoms with Gasteiger partial charge in [0.05, 0.1) is 0 Å². The second-order valence-corrected chi connectivity index (χ2v) is 2.00. The molecule has 1 heterocycles. The first-order valence-electron chi connectivity index (χ1n) is 2.90. The van der Waals surface area contributed by atoms with Gasteiger partial charge in [0.2, 0.25) is 0 Å². The molecule has 1 N–H and O–H groups in total. The molecule has 0 atom stereocenters. The maximum absolute atomic E-state index is 2.99. The Morgan fingerprint density at radius 1 is 1.20 bits per heavy atom. The average Bonchev–Trinajstić information content (AvgIpc) is 2.33. The summed E-state index contributed by atoms with van der Waals surface area (Å²) in [5.41, 5.74) is 1.15. The zero-order valence-corrected chi connectivity index (χ0v) is 6.76. The van der Waals surface area contributed by atoms with Crippen LogP contribution in [-0.4, -0.2) is 4.98 Å². The first-order chi connectivity index (χ1) is 4.47. The topological polar surface area (TPSA) is 15.8 Å². The van der Waals surface area contributed by atoms with E-state index < -0.39 is 0 Å². The van der Waals surface area contributed by atoms with Crippen LogP contribution in [-0.2, 0) is 20.4 Å². The fraction of sp³-hybridized carbons (Fsp3) is 0. The third-order valence-electron chi connectivity index (χ3n) is 1.40. The van der Waals surface area contributed by atoms with E-state index in [0.717, 1.165) is 5.52 Å². The summed E-state index contributed by atoms with van der Waals surface area (Å²) < 4.78 is 0. The predicted octanol–water partition coefficient (Wildman–Crippen LogP) is 1.97. The molecule has 10 heavy (non-hydrogen) atoms. The van der Waals surface area contributed by atoms with Gasteiger partial charge in [-0.25, -0.2) is 0 Å². The normalized spacial score (nSPS) is 9.20. The number of para-hydroxylation sites is 1. The minimum atomic E-state index is 0. The molecule has 0 amide bonds. The monoisotopic (exact) mass is 222 g/mol. The van der Waals surface area contributed by atoms with Crippen molar-refractivity contribution in [1.29, 1.82) is 0 Å². The quantitative estimate of drug-likeness (QED) is 0.518. The second kappa shape index (κ2) is 3.01. The molecule has 0 saturated carbocycles. The van der Waals surface area contributed by atoms with Crippen molar-refractivity contribution >= 4 is 10.9 Å². The summed E-state index contributed by atoms with van der Waals surface area (Å²) in [6.45, 7) is 0. The standard InChI is InChI=1S/C8H6N.Pd/c1-2-4-8-7(3-1)5-6-9-8;/h1-5,9H;/q-1;. The number of benzene rings is 1. The van der Waals surface area contributed by atoms with E-state index >= 15 is 0 Å². The molecule has 2 rings (SSSR count). The summed E-state index contributed by atoms with van der Waals surface area (Å²) in [4.78, 5) is 2.99. The number of rotatable bonds is 0. The van der Waals surface area contributed by atoms with Gasteiger partial charge in [0.1, 0.15) is 0 Å². The Morgan fingerprint density at radius 3 is 2.80 bits per heavy atom. The van der Waals surface area contributed by atoms with Crippen LogP contribution in [0.25, 0.3) is 10.9 Å². The molecule has 54 valence electrons. The number of nitrogens with one attached hydrogen (secondary N) is 1. The van der Waals surface area contributed by atoms with Gasteiger partial charge in [-0.3, -0.25) is 0 Å². The van der Waals surface area contributed by atoms with E-state index in [2.05, 4.69) is 17.2 Å². The fourth-order valence-electron chi connectivity index (χ4n) is 0.928. The maximum atomic E-state index is 2.99. The number of hydrogen-bond donors (Lipinski definition) is 1. The molecule has 2 heteroatoms. The van der Waals surface area contributed by atoms with Crippen molar-refractivity contribution in [2.45, 2.75) is 0 Å². The zero-order chi connectivity index (χ0) is 6.10. The van der Waals surface area contributed by atoms with Crippen LogP contribution in [0, 0.1) is 6.20 Å². The summed E-state index contributed by atoms with van der Waals surface area (Å²) in [7, 11) is 0. The van der Waals surface area contributed by atoms with Gasteiger partial charge in [-0.1, -0.05) is 12.1 Å². The molecule has 1 aromatic carbocycles. The number of hydrogen-bond acceptors (Lipinski definition) is 0. The largest absolute Gasteiger partial charge is 0.477 e. The molecule has 0 aliphatic heterocycles. The molecule has 0 spiro atoms. The van der Waals surface area contributed by atoms with E-state index in [1.165, 1.54) is 5.39 Å². The van der Waals surface area contributed by atoms with Crippen LogP contribution in [0.15, 0.2) is 30.3 Å². The van der Waals surface area contributed by atoms with Gasteiger partial charge >= 0.3 is 0 Å². The van der Waals surface area contributed by atoms with Crippen molar-refractivity contribution in [3.8, 4) is 0 Å². The average molecular weight is 223 g/mol. The minimum absolute atomic E-state index is 0. The summed E-state index contributed by atoms with van der Waals surface area (Å²) in [6.07, 6.45) is 2.91. The molecular formula is C8H6NPd-. The Hall–Kier alpha value is -0.578. The van der Waals surface area contributed by atoms with Crippen LogP contribution in [0.4, 0.5) is 0 Å². The number of H-pyrrole nitrogens is 1. The van der Waals surface area contributed by atoms with Crippen LogP contribution in [0.3, 0.4) is 0 Å². The van der Waals surface area contributed by atoms with Gasteiger partial charge in [-0.05, 0) is 0 Å². The second-order valence-electron chi connectivity index (χ2n) is 2.00. The van der Waals surface area contributed by atoms with Gasteiger partial charge in [0, 0.05) is 20.4 Å². The van der Waals surface area contributed by atoms with Crippen molar-refractivity contribution in [3.63, 3.8) is 0 Å². The first kappa shape index (κ1) is 7.53. The van der Waals surface area contributed by atoms with Crippen molar-refractivity contribution < 1.29 is 20.4 Å². The van der Waals surface area contributed by atoms with Crippen molar-refractivity contribution in [2.75, 3.05) is 0 Å². The molecular weight excluding hydrogens is 217 g/mol. The van der Waals surface area contributed by atoms with Gasteiger partial charge in [0.15, 0.2) is 0 Å². The number of fused-ring (bicyclic) bond motifs is 1. The van der Waals surface area contributed by atoms with Gasteiger partial charge in [-0.2, -0.15) is 11.5 Å². The van der Waals surface area contributed by atoms with E-state index in [9.17, 15) is 0 Å².